The Labute approximate surface area is 171 Å². The van der Waals surface area contributed by atoms with Crippen LogP contribution < -0.4 is 20.9 Å². The third-order valence-electron chi connectivity index (χ3n) is 3.92. The van der Waals surface area contributed by atoms with Crippen molar-refractivity contribution in [1.29, 1.82) is 5.26 Å². The predicted molar refractivity (Wildman–Crippen MR) is 108 cm³/mol. The molecule has 0 amide bonds. The molecule has 7 nitrogen and oxygen atoms in total. The van der Waals surface area contributed by atoms with Gasteiger partial charge in [0, 0.05) is 11.1 Å². The van der Waals surface area contributed by atoms with Crippen LogP contribution in [0.2, 0.25) is 10.0 Å². The minimum Gasteiger partial charge on any atom is -0.496 e. The molecule has 0 atom stereocenters. The maximum atomic E-state index is 9.40. The number of nitriles is 1. The maximum Gasteiger partial charge on any atom is 0.222 e. The summed E-state index contributed by atoms with van der Waals surface area (Å²) in [5, 5.41) is 10.1. The number of aromatic nitrogens is 2. The van der Waals surface area contributed by atoms with Crippen molar-refractivity contribution in [2.45, 2.75) is 6.61 Å². The molecule has 0 unspecified atom stereocenters. The summed E-state index contributed by atoms with van der Waals surface area (Å²) in [6.07, 6.45) is 0. The van der Waals surface area contributed by atoms with Gasteiger partial charge in [0.1, 0.15) is 40.6 Å². The summed E-state index contributed by atoms with van der Waals surface area (Å²) >= 11 is 12.2. The van der Waals surface area contributed by atoms with Gasteiger partial charge >= 0.3 is 0 Å². The van der Waals surface area contributed by atoms with E-state index in [1.807, 2.05) is 6.07 Å². The molecular weight excluding hydrogens is 401 g/mol. The van der Waals surface area contributed by atoms with Crippen molar-refractivity contribution in [1.82, 2.24) is 9.97 Å². The second-order valence-corrected chi connectivity index (χ2v) is 6.45. The Hall–Kier alpha value is -3.21. The van der Waals surface area contributed by atoms with E-state index in [2.05, 4.69) is 9.97 Å². The summed E-state index contributed by atoms with van der Waals surface area (Å²) in [5.74, 6) is 1.03. The third kappa shape index (κ3) is 3.88. The van der Waals surface area contributed by atoms with E-state index < -0.39 is 0 Å². The smallest absolute Gasteiger partial charge is 0.222 e. The molecule has 4 N–H and O–H groups in total. The van der Waals surface area contributed by atoms with E-state index in [9.17, 15) is 5.26 Å². The lowest BCUT2D eigenvalue weighted by atomic mass is 10.0. The molecule has 3 aromatic rings. The number of nitrogen functional groups attached to an aromatic ring is 2. The number of ether oxygens (including phenoxy) is 2. The molecule has 1 aromatic heterocycles. The topological polar surface area (TPSA) is 120 Å². The molecule has 0 fully saturated rings. The molecular formula is C19H15Cl2N5O2. The molecule has 0 aliphatic heterocycles. The molecule has 0 spiro atoms. The van der Waals surface area contributed by atoms with Crippen LogP contribution >= 0.6 is 23.2 Å². The highest BCUT2D eigenvalue weighted by Gasteiger charge is 2.16. The number of rotatable bonds is 5. The fourth-order valence-corrected chi connectivity index (χ4v) is 2.95. The summed E-state index contributed by atoms with van der Waals surface area (Å²) in [4.78, 5) is 7.99. The Kier molecular flexibility index (Phi) is 5.73. The SMILES string of the molecule is COc1ccc(-c2nc(N)nc(N)c2C#N)cc1COc1cccc(Cl)c1Cl. The van der Waals surface area contributed by atoms with E-state index in [0.717, 1.165) is 0 Å². The lowest BCUT2D eigenvalue weighted by molar-refractivity contribution is 0.297. The van der Waals surface area contributed by atoms with Crippen LogP contribution in [0.4, 0.5) is 11.8 Å². The zero-order chi connectivity index (χ0) is 20.3. The van der Waals surface area contributed by atoms with Crippen LogP contribution in [0.3, 0.4) is 0 Å². The lowest BCUT2D eigenvalue weighted by Gasteiger charge is -2.14. The molecule has 0 aliphatic rings. The minimum absolute atomic E-state index is 0.0179. The highest BCUT2D eigenvalue weighted by Crippen LogP contribution is 2.34. The number of nitrogens with two attached hydrogens (primary N) is 2. The molecule has 28 heavy (non-hydrogen) atoms. The largest absolute Gasteiger partial charge is 0.496 e. The highest BCUT2D eigenvalue weighted by atomic mass is 35.5. The van der Waals surface area contributed by atoms with E-state index >= 15 is 0 Å². The summed E-state index contributed by atoms with van der Waals surface area (Å²) in [7, 11) is 1.55. The molecule has 2 aromatic carbocycles. The van der Waals surface area contributed by atoms with Crippen LogP contribution in [0, 0.1) is 11.3 Å². The highest BCUT2D eigenvalue weighted by molar-refractivity contribution is 6.42. The van der Waals surface area contributed by atoms with Gasteiger partial charge in [0.15, 0.2) is 0 Å². The Balaban J connectivity index is 2.00. The van der Waals surface area contributed by atoms with Crippen molar-refractivity contribution in [2.24, 2.45) is 0 Å². The van der Waals surface area contributed by atoms with Gasteiger partial charge in [0.2, 0.25) is 5.95 Å². The number of methoxy groups -OCH3 is 1. The van der Waals surface area contributed by atoms with Crippen LogP contribution in [0.15, 0.2) is 36.4 Å². The summed E-state index contributed by atoms with van der Waals surface area (Å²) in [6.45, 7) is 0.148. The monoisotopic (exact) mass is 415 g/mol. The van der Waals surface area contributed by atoms with Crippen LogP contribution in [0.25, 0.3) is 11.3 Å². The number of halogens is 2. The fourth-order valence-electron chi connectivity index (χ4n) is 2.60. The average molecular weight is 416 g/mol. The van der Waals surface area contributed by atoms with E-state index in [-0.39, 0.29) is 23.9 Å². The van der Waals surface area contributed by atoms with Gasteiger partial charge in [-0.3, -0.25) is 0 Å². The molecule has 142 valence electrons. The molecule has 3 rings (SSSR count). The quantitative estimate of drug-likeness (QED) is 0.643. The first kappa shape index (κ1) is 19.5. The van der Waals surface area contributed by atoms with Crippen molar-refractivity contribution >= 4 is 35.0 Å². The van der Waals surface area contributed by atoms with Gasteiger partial charge in [0.25, 0.3) is 0 Å². The third-order valence-corrected chi connectivity index (χ3v) is 4.72. The van der Waals surface area contributed by atoms with E-state index in [1.165, 1.54) is 0 Å². The van der Waals surface area contributed by atoms with E-state index in [0.29, 0.717) is 38.4 Å². The molecule has 9 heteroatoms. The Morgan fingerprint density at radius 1 is 1.11 bits per heavy atom. The number of hydrogen-bond acceptors (Lipinski definition) is 7. The molecule has 0 aliphatic carbocycles. The van der Waals surface area contributed by atoms with Crippen molar-refractivity contribution in [2.75, 3.05) is 18.6 Å². The van der Waals surface area contributed by atoms with Crippen LogP contribution in [-0.2, 0) is 6.61 Å². The Bertz CT molecular complexity index is 1080. The summed E-state index contributed by atoms with van der Waals surface area (Å²) in [5.41, 5.74) is 13.3. The number of hydrogen-bond donors (Lipinski definition) is 2. The normalized spacial score (nSPS) is 10.4. The molecule has 1 heterocycles. The van der Waals surface area contributed by atoms with E-state index in [1.54, 1.807) is 43.5 Å². The summed E-state index contributed by atoms with van der Waals surface area (Å²) in [6, 6.07) is 12.4. The molecule has 0 bridgehead atoms. The van der Waals surface area contributed by atoms with Gasteiger partial charge < -0.3 is 20.9 Å². The van der Waals surface area contributed by atoms with Crippen molar-refractivity contribution in [3.05, 3.63) is 57.6 Å². The van der Waals surface area contributed by atoms with Crippen LogP contribution in [-0.4, -0.2) is 17.1 Å². The summed E-state index contributed by atoms with van der Waals surface area (Å²) < 4.78 is 11.2. The van der Waals surface area contributed by atoms with Gasteiger partial charge in [-0.15, -0.1) is 0 Å². The fraction of sp³-hybridized carbons (Fsp3) is 0.105. The number of benzene rings is 2. The van der Waals surface area contributed by atoms with Gasteiger partial charge in [-0.25, -0.2) is 4.98 Å². The number of nitrogens with zero attached hydrogens (tertiary/aromatic N) is 3. The standard InChI is InChI=1S/C19H15Cl2N5O2/c1-27-14-6-5-10(17-12(8-22)18(23)26-19(24)25-17)7-11(14)9-28-15-4-2-3-13(20)16(15)21/h2-7H,9H2,1H3,(H4,23,24,25,26). The lowest BCUT2D eigenvalue weighted by Crippen LogP contribution is -2.05. The molecule has 0 saturated heterocycles. The van der Waals surface area contributed by atoms with Gasteiger partial charge in [-0.1, -0.05) is 29.3 Å². The second kappa shape index (κ2) is 8.21. The first-order valence-electron chi connectivity index (χ1n) is 8.01. The van der Waals surface area contributed by atoms with Gasteiger partial charge in [-0.2, -0.15) is 10.2 Å². The Morgan fingerprint density at radius 3 is 2.61 bits per heavy atom. The average Bonchev–Trinajstić information content (AvgIpc) is 2.68. The first-order chi connectivity index (χ1) is 13.4. The first-order valence-corrected chi connectivity index (χ1v) is 8.77. The molecule has 0 saturated carbocycles. The molecule has 0 radical (unpaired) electrons. The van der Waals surface area contributed by atoms with Crippen molar-refractivity contribution in [3.8, 4) is 28.8 Å². The zero-order valence-corrected chi connectivity index (χ0v) is 16.3. The van der Waals surface area contributed by atoms with Crippen LogP contribution in [0.5, 0.6) is 11.5 Å². The van der Waals surface area contributed by atoms with Gasteiger partial charge in [0.05, 0.1) is 17.8 Å². The Morgan fingerprint density at radius 2 is 1.89 bits per heavy atom. The van der Waals surface area contributed by atoms with Crippen LogP contribution in [0.1, 0.15) is 11.1 Å². The van der Waals surface area contributed by atoms with E-state index in [4.69, 9.17) is 44.1 Å². The second-order valence-electron chi connectivity index (χ2n) is 5.67. The van der Waals surface area contributed by atoms with Gasteiger partial charge in [-0.05, 0) is 30.3 Å². The van der Waals surface area contributed by atoms with Crippen molar-refractivity contribution < 1.29 is 9.47 Å². The number of anilines is 2. The van der Waals surface area contributed by atoms with Crippen molar-refractivity contribution in [3.63, 3.8) is 0 Å². The zero-order valence-electron chi connectivity index (χ0n) is 14.7. The minimum atomic E-state index is -0.0224. The maximum absolute atomic E-state index is 9.40. The predicted octanol–water partition coefficient (Wildman–Crippen LogP) is 4.07.